The first-order valence-electron chi connectivity index (χ1n) is 8.02. The standard InChI is InChI=1S/C15H23N3O5S2/c1-3-24(20,21)17-16-15(19)13-8-6-10-18(11-13)25(22,23)14-9-5-4-7-12(14)2/h4-5,7,9,13,17H,3,6,8,10-11H2,1-2H3,(H,16,19)/t13-/m1/s1. The van der Waals surface area contributed by atoms with Crippen molar-refractivity contribution in [2.45, 2.75) is 31.6 Å². The van der Waals surface area contributed by atoms with Crippen molar-refractivity contribution in [1.82, 2.24) is 14.6 Å². The third kappa shape index (κ3) is 4.78. The van der Waals surface area contributed by atoms with Crippen LogP contribution in [0, 0.1) is 12.8 Å². The fraction of sp³-hybridized carbons (Fsp3) is 0.533. The molecule has 8 nitrogen and oxygen atoms in total. The molecule has 1 aromatic carbocycles. The van der Waals surface area contributed by atoms with Crippen molar-refractivity contribution in [1.29, 1.82) is 0 Å². The predicted molar refractivity (Wildman–Crippen MR) is 93.4 cm³/mol. The third-order valence-corrected chi connectivity index (χ3v) is 7.37. The van der Waals surface area contributed by atoms with E-state index in [2.05, 4.69) is 5.43 Å². The minimum atomic E-state index is -3.69. The molecule has 1 saturated heterocycles. The Labute approximate surface area is 148 Å². The third-order valence-electron chi connectivity index (χ3n) is 4.18. The Morgan fingerprint density at radius 3 is 2.56 bits per heavy atom. The van der Waals surface area contributed by atoms with Crippen LogP contribution in [-0.2, 0) is 24.8 Å². The molecular formula is C15H23N3O5S2. The fourth-order valence-corrected chi connectivity index (χ4v) is 4.81. The van der Waals surface area contributed by atoms with Crippen LogP contribution in [0.5, 0.6) is 0 Å². The summed E-state index contributed by atoms with van der Waals surface area (Å²) in [5, 5.41) is 0. The van der Waals surface area contributed by atoms with Crippen LogP contribution < -0.4 is 10.3 Å². The van der Waals surface area contributed by atoms with Crippen LogP contribution >= 0.6 is 0 Å². The second kappa shape index (κ2) is 7.81. The number of hydrogen-bond donors (Lipinski definition) is 2. The number of carbonyl (C=O) groups is 1. The Kier molecular flexibility index (Phi) is 6.20. The normalized spacial score (nSPS) is 19.5. The molecule has 0 spiro atoms. The van der Waals surface area contributed by atoms with E-state index in [0.29, 0.717) is 24.9 Å². The molecule has 0 saturated carbocycles. The zero-order valence-electron chi connectivity index (χ0n) is 14.2. The molecule has 1 aliphatic rings. The maximum absolute atomic E-state index is 12.8. The van der Waals surface area contributed by atoms with Gasteiger partial charge in [-0.3, -0.25) is 10.2 Å². The van der Waals surface area contributed by atoms with Gasteiger partial charge in [0.2, 0.25) is 26.0 Å². The molecule has 0 radical (unpaired) electrons. The van der Waals surface area contributed by atoms with Crippen molar-refractivity contribution in [3.63, 3.8) is 0 Å². The number of sulfonamides is 2. The number of piperidine rings is 1. The Morgan fingerprint density at radius 1 is 1.24 bits per heavy atom. The molecule has 10 heteroatoms. The number of carbonyl (C=O) groups excluding carboxylic acids is 1. The minimum absolute atomic E-state index is 0.0242. The second-order valence-corrected chi connectivity index (χ2v) is 9.88. The molecule has 25 heavy (non-hydrogen) atoms. The summed E-state index contributed by atoms with van der Waals surface area (Å²) in [5.74, 6) is -1.29. The van der Waals surface area contributed by atoms with E-state index in [1.54, 1.807) is 31.2 Å². The molecule has 1 amide bonds. The van der Waals surface area contributed by atoms with Crippen molar-refractivity contribution in [3.05, 3.63) is 29.8 Å². The van der Waals surface area contributed by atoms with E-state index < -0.39 is 31.9 Å². The molecule has 1 heterocycles. The first-order valence-corrected chi connectivity index (χ1v) is 11.1. The summed E-state index contributed by atoms with van der Waals surface area (Å²) < 4.78 is 49.7. The maximum atomic E-state index is 12.8. The quantitative estimate of drug-likeness (QED) is 0.683. The number of hydrazine groups is 1. The number of hydrogen-bond acceptors (Lipinski definition) is 5. The molecule has 0 unspecified atom stereocenters. The van der Waals surface area contributed by atoms with Crippen LogP contribution in [-0.4, -0.2) is 45.9 Å². The van der Waals surface area contributed by atoms with Crippen molar-refractivity contribution in [2.75, 3.05) is 18.8 Å². The van der Waals surface area contributed by atoms with Crippen molar-refractivity contribution >= 4 is 26.0 Å². The van der Waals surface area contributed by atoms with E-state index in [1.165, 1.54) is 11.2 Å². The molecule has 1 atom stereocenters. The molecule has 2 N–H and O–H groups in total. The zero-order chi connectivity index (χ0) is 18.7. The molecule has 0 aromatic heterocycles. The zero-order valence-corrected chi connectivity index (χ0v) is 15.9. The topological polar surface area (TPSA) is 113 Å². The van der Waals surface area contributed by atoms with Crippen molar-refractivity contribution in [2.24, 2.45) is 5.92 Å². The van der Waals surface area contributed by atoms with Gasteiger partial charge in [-0.15, -0.1) is 4.83 Å². The van der Waals surface area contributed by atoms with Gasteiger partial charge in [-0.05, 0) is 38.3 Å². The van der Waals surface area contributed by atoms with Gasteiger partial charge in [0.05, 0.1) is 16.6 Å². The average molecular weight is 389 g/mol. The van der Waals surface area contributed by atoms with Crippen LogP contribution in [0.4, 0.5) is 0 Å². The Morgan fingerprint density at radius 2 is 1.92 bits per heavy atom. The highest BCUT2D eigenvalue weighted by molar-refractivity contribution is 7.89. The van der Waals surface area contributed by atoms with Crippen LogP contribution in [0.3, 0.4) is 0 Å². The van der Waals surface area contributed by atoms with E-state index >= 15 is 0 Å². The summed E-state index contributed by atoms with van der Waals surface area (Å²) in [5.41, 5.74) is 2.81. The number of nitrogens with one attached hydrogen (secondary N) is 2. The summed E-state index contributed by atoms with van der Waals surface area (Å²) in [7, 11) is -7.25. The molecular weight excluding hydrogens is 366 g/mol. The van der Waals surface area contributed by atoms with E-state index in [0.717, 1.165) is 0 Å². The lowest BCUT2D eigenvalue weighted by molar-refractivity contribution is -0.126. The molecule has 1 aromatic rings. The van der Waals surface area contributed by atoms with Gasteiger partial charge in [-0.25, -0.2) is 16.8 Å². The van der Waals surface area contributed by atoms with Crippen LogP contribution in [0.15, 0.2) is 29.2 Å². The summed E-state index contributed by atoms with van der Waals surface area (Å²) in [6, 6.07) is 6.69. The highest BCUT2D eigenvalue weighted by Gasteiger charge is 2.34. The van der Waals surface area contributed by atoms with Gasteiger partial charge >= 0.3 is 0 Å². The molecule has 0 aliphatic carbocycles. The highest BCUT2D eigenvalue weighted by Crippen LogP contribution is 2.25. The average Bonchev–Trinajstić information content (AvgIpc) is 2.60. The predicted octanol–water partition coefficient (Wildman–Crippen LogP) is 0.366. The minimum Gasteiger partial charge on any atom is -0.278 e. The summed E-state index contributed by atoms with van der Waals surface area (Å²) in [6.07, 6.45) is 1.03. The van der Waals surface area contributed by atoms with Gasteiger partial charge in [-0.1, -0.05) is 18.2 Å². The van der Waals surface area contributed by atoms with Gasteiger partial charge in [0.25, 0.3) is 0 Å². The molecule has 2 rings (SSSR count). The monoisotopic (exact) mass is 389 g/mol. The first kappa shape index (κ1) is 19.8. The van der Waals surface area contributed by atoms with E-state index in [-0.39, 0.29) is 17.2 Å². The lowest BCUT2D eigenvalue weighted by atomic mass is 9.99. The van der Waals surface area contributed by atoms with E-state index in [1.807, 2.05) is 4.83 Å². The van der Waals surface area contributed by atoms with Gasteiger partial charge in [0, 0.05) is 13.1 Å². The Hall–Kier alpha value is -1.49. The fourth-order valence-electron chi connectivity index (χ4n) is 2.66. The van der Waals surface area contributed by atoms with E-state index in [9.17, 15) is 21.6 Å². The number of rotatable bonds is 6. The Balaban J connectivity index is 2.10. The number of nitrogens with zero attached hydrogens (tertiary/aromatic N) is 1. The Bertz CT molecular complexity index is 836. The molecule has 140 valence electrons. The maximum Gasteiger partial charge on any atom is 0.243 e. The number of amides is 1. The lowest BCUT2D eigenvalue weighted by Gasteiger charge is -2.31. The van der Waals surface area contributed by atoms with Gasteiger partial charge in [0.1, 0.15) is 0 Å². The first-order chi connectivity index (χ1) is 11.7. The SMILES string of the molecule is CCS(=O)(=O)NNC(=O)[C@@H]1CCCN(S(=O)(=O)c2ccccc2C)C1. The highest BCUT2D eigenvalue weighted by atomic mass is 32.2. The summed E-state index contributed by atoms with van der Waals surface area (Å²) >= 11 is 0. The summed E-state index contributed by atoms with van der Waals surface area (Å²) in [4.78, 5) is 14.4. The second-order valence-electron chi connectivity index (χ2n) is 5.96. The van der Waals surface area contributed by atoms with Crippen LogP contribution in [0.1, 0.15) is 25.3 Å². The smallest absolute Gasteiger partial charge is 0.243 e. The lowest BCUT2D eigenvalue weighted by Crippen LogP contribution is -2.50. The van der Waals surface area contributed by atoms with E-state index in [4.69, 9.17) is 0 Å². The molecule has 1 aliphatic heterocycles. The number of benzene rings is 1. The van der Waals surface area contributed by atoms with Gasteiger partial charge < -0.3 is 0 Å². The largest absolute Gasteiger partial charge is 0.278 e. The molecule has 0 bridgehead atoms. The molecule has 1 fully saturated rings. The van der Waals surface area contributed by atoms with Crippen LogP contribution in [0.25, 0.3) is 0 Å². The summed E-state index contributed by atoms with van der Waals surface area (Å²) in [6.45, 7) is 3.53. The van der Waals surface area contributed by atoms with Crippen molar-refractivity contribution < 1.29 is 21.6 Å². The van der Waals surface area contributed by atoms with Gasteiger partial charge in [0.15, 0.2) is 0 Å². The van der Waals surface area contributed by atoms with Gasteiger partial charge in [-0.2, -0.15) is 4.31 Å². The van der Waals surface area contributed by atoms with Crippen molar-refractivity contribution in [3.8, 4) is 0 Å². The van der Waals surface area contributed by atoms with Crippen LogP contribution in [0.2, 0.25) is 0 Å². The number of aryl methyl sites for hydroxylation is 1.